The van der Waals surface area contributed by atoms with Crippen LogP contribution in [0.15, 0.2) is 18.2 Å². The van der Waals surface area contributed by atoms with E-state index >= 15 is 0 Å². The molecule has 2 N–H and O–H groups in total. The fourth-order valence-corrected chi connectivity index (χ4v) is 0.906. The van der Waals surface area contributed by atoms with Gasteiger partial charge in [-0.15, -0.1) is 0 Å². The topological polar surface area (TPSA) is 46.3 Å². The number of nitrogens with zero attached hydrogens (tertiary/aromatic N) is 1. The zero-order valence-electron chi connectivity index (χ0n) is 7.54. The number of anilines is 2. The van der Waals surface area contributed by atoms with Crippen molar-refractivity contribution in [3.05, 3.63) is 24.0 Å². The van der Waals surface area contributed by atoms with Crippen LogP contribution in [0.5, 0.6) is 0 Å². The molecule has 0 spiro atoms. The Morgan fingerprint density at radius 1 is 1.54 bits per heavy atom. The van der Waals surface area contributed by atoms with Gasteiger partial charge in [0.05, 0.1) is 5.69 Å². The van der Waals surface area contributed by atoms with Crippen LogP contribution in [0.2, 0.25) is 0 Å². The van der Waals surface area contributed by atoms with Crippen molar-refractivity contribution in [3.63, 3.8) is 0 Å². The molecule has 0 radical (unpaired) electrons. The van der Waals surface area contributed by atoms with Crippen LogP contribution in [0.1, 0.15) is 6.92 Å². The molecule has 0 fully saturated rings. The highest BCUT2D eigenvalue weighted by atomic mass is 19.1. The van der Waals surface area contributed by atoms with Crippen LogP contribution in [-0.4, -0.2) is 13.0 Å². The zero-order chi connectivity index (χ0) is 10.0. The summed E-state index contributed by atoms with van der Waals surface area (Å²) >= 11 is 0. The molecular weight excluding hydrogens is 171 g/mol. The van der Waals surface area contributed by atoms with E-state index in [4.69, 9.17) is 5.73 Å². The van der Waals surface area contributed by atoms with Crippen molar-refractivity contribution in [2.24, 2.45) is 0 Å². The Morgan fingerprint density at radius 3 is 2.62 bits per heavy atom. The first kappa shape index (κ1) is 9.51. The maximum atomic E-state index is 12.9. The fraction of sp³-hybridized carbons (Fsp3) is 0.222. The van der Waals surface area contributed by atoms with Gasteiger partial charge in [0.1, 0.15) is 5.82 Å². The van der Waals surface area contributed by atoms with Crippen molar-refractivity contribution in [1.29, 1.82) is 0 Å². The first-order chi connectivity index (χ1) is 6.02. The summed E-state index contributed by atoms with van der Waals surface area (Å²) in [5.41, 5.74) is 5.87. The summed E-state index contributed by atoms with van der Waals surface area (Å²) in [4.78, 5) is 12.3. The number of halogens is 1. The molecule has 0 aliphatic rings. The number of amides is 1. The molecule has 4 heteroatoms. The highest BCUT2D eigenvalue weighted by molar-refractivity contribution is 5.90. The van der Waals surface area contributed by atoms with E-state index < -0.39 is 5.82 Å². The lowest BCUT2D eigenvalue weighted by molar-refractivity contribution is -0.116. The minimum Gasteiger partial charge on any atom is -0.396 e. The van der Waals surface area contributed by atoms with Crippen LogP contribution in [0.25, 0.3) is 0 Å². The molecule has 0 heterocycles. The number of carbonyl (C=O) groups excluding carboxylic acids is 1. The highest BCUT2D eigenvalue weighted by Gasteiger charge is 2.07. The van der Waals surface area contributed by atoms with E-state index in [1.54, 1.807) is 13.1 Å². The van der Waals surface area contributed by atoms with Crippen LogP contribution in [-0.2, 0) is 4.79 Å². The Kier molecular flexibility index (Phi) is 2.51. The van der Waals surface area contributed by atoms with Gasteiger partial charge in [-0.05, 0) is 18.2 Å². The lowest BCUT2D eigenvalue weighted by atomic mass is 10.2. The lowest BCUT2D eigenvalue weighted by Crippen LogP contribution is -2.22. The summed E-state index contributed by atoms with van der Waals surface area (Å²) in [7, 11) is 1.58. The first-order valence-electron chi connectivity index (χ1n) is 3.81. The van der Waals surface area contributed by atoms with Crippen molar-refractivity contribution in [2.75, 3.05) is 17.7 Å². The van der Waals surface area contributed by atoms with Crippen LogP contribution in [0.4, 0.5) is 15.8 Å². The molecule has 0 aromatic heterocycles. The van der Waals surface area contributed by atoms with Crippen LogP contribution >= 0.6 is 0 Å². The van der Waals surface area contributed by atoms with Crippen molar-refractivity contribution >= 4 is 17.3 Å². The van der Waals surface area contributed by atoms with E-state index in [0.29, 0.717) is 5.69 Å². The predicted molar refractivity (Wildman–Crippen MR) is 49.9 cm³/mol. The average molecular weight is 182 g/mol. The Bertz CT molecular complexity index is 338. The molecule has 0 bridgehead atoms. The van der Waals surface area contributed by atoms with Gasteiger partial charge in [-0.3, -0.25) is 4.79 Å². The van der Waals surface area contributed by atoms with E-state index in [-0.39, 0.29) is 11.6 Å². The number of benzene rings is 1. The molecule has 0 unspecified atom stereocenters. The third kappa shape index (κ3) is 1.96. The van der Waals surface area contributed by atoms with Crippen LogP contribution < -0.4 is 10.6 Å². The normalized spacial score (nSPS) is 9.77. The van der Waals surface area contributed by atoms with Crippen LogP contribution in [0, 0.1) is 5.82 Å². The zero-order valence-corrected chi connectivity index (χ0v) is 7.54. The Labute approximate surface area is 76.0 Å². The molecule has 0 aliphatic carbocycles. The summed E-state index contributed by atoms with van der Waals surface area (Å²) in [6.07, 6.45) is 0. The third-order valence-corrected chi connectivity index (χ3v) is 1.84. The summed E-state index contributed by atoms with van der Waals surface area (Å²) in [6, 6.07) is 4.26. The molecule has 70 valence electrons. The molecule has 3 nitrogen and oxygen atoms in total. The number of carbonyl (C=O) groups is 1. The summed E-state index contributed by atoms with van der Waals surface area (Å²) < 4.78 is 12.9. The largest absolute Gasteiger partial charge is 0.396 e. The Morgan fingerprint density at radius 2 is 2.15 bits per heavy atom. The van der Waals surface area contributed by atoms with Gasteiger partial charge in [0.2, 0.25) is 5.91 Å². The molecule has 13 heavy (non-hydrogen) atoms. The average Bonchev–Trinajstić information content (AvgIpc) is 2.08. The van der Waals surface area contributed by atoms with Gasteiger partial charge in [0.15, 0.2) is 0 Å². The van der Waals surface area contributed by atoms with E-state index in [1.807, 2.05) is 0 Å². The lowest BCUT2D eigenvalue weighted by Gasteiger charge is -2.14. The third-order valence-electron chi connectivity index (χ3n) is 1.84. The minimum absolute atomic E-state index is 0.0840. The van der Waals surface area contributed by atoms with Gasteiger partial charge in [-0.25, -0.2) is 4.39 Å². The molecular formula is C9H11FN2O. The van der Waals surface area contributed by atoms with Gasteiger partial charge < -0.3 is 10.6 Å². The van der Waals surface area contributed by atoms with Gasteiger partial charge in [0.25, 0.3) is 0 Å². The summed E-state index contributed by atoms with van der Waals surface area (Å²) in [5, 5.41) is 0. The van der Waals surface area contributed by atoms with Crippen molar-refractivity contribution in [1.82, 2.24) is 0 Å². The van der Waals surface area contributed by atoms with Crippen molar-refractivity contribution in [3.8, 4) is 0 Å². The predicted octanol–water partition coefficient (Wildman–Crippen LogP) is 1.39. The monoisotopic (exact) mass is 182 g/mol. The molecule has 0 saturated carbocycles. The van der Waals surface area contributed by atoms with E-state index in [2.05, 4.69) is 0 Å². The highest BCUT2D eigenvalue weighted by Crippen LogP contribution is 2.18. The SMILES string of the molecule is CC(=O)N(C)c1ccc(N)c(F)c1. The number of hydrogen-bond donors (Lipinski definition) is 1. The molecule has 1 amide bonds. The Balaban J connectivity index is 3.03. The molecule has 1 rings (SSSR count). The van der Waals surface area contributed by atoms with Crippen molar-refractivity contribution < 1.29 is 9.18 Å². The molecule has 1 aromatic carbocycles. The second-order valence-electron chi connectivity index (χ2n) is 2.78. The van der Waals surface area contributed by atoms with E-state index in [0.717, 1.165) is 0 Å². The molecule has 0 saturated heterocycles. The smallest absolute Gasteiger partial charge is 0.223 e. The van der Waals surface area contributed by atoms with Gasteiger partial charge in [0, 0.05) is 19.7 Å². The number of rotatable bonds is 1. The molecule has 0 atom stereocenters. The van der Waals surface area contributed by atoms with Crippen LogP contribution in [0.3, 0.4) is 0 Å². The van der Waals surface area contributed by atoms with Gasteiger partial charge in [-0.1, -0.05) is 0 Å². The molecule has 1 aromatic rings. The first-order valence-corrected chi connectivity index (χ1v) is 3.81. The number of nitrogens with two attached hydrogens (primary N) is 1. The second kappa shape index (κ2) is 3.43. The standard InChI is InChI=1S/C9H11FN2O/c1-6(13)12(2)7-3-4-9(11)8(10)5-7/h3-5H,11H2,1-2H3. The fourth-order valence-electron chi connectivity index (χ4n) is 0.906. The van der Waals surface area contributed by atoms with E-state index in [1.165, 1.54) is 24.0 Å². The maximum Gasteiger partial charge on any atom is 0.223 e. The number of nitrogen functional groups attached to an aromatic ring is 1. The van der Waals surface area contributed by atoms with Gasteiger partial charge in [-0.2, -0.15) is 0 Å². The van der Waals surface area contributed by atoms with Crippen molar-refractivity contribution in [2.45, 2.75) is 6.92 Å². The van der Waals surface area contributed by atoms with Gasteiger partial charge >= 0.3 is 0 Å². The Hall–Kier alpha value is -1.58. The molecule has 0 aliphatic heterocycles. The summed E-state index contributed by atoms with van der Waals surface area (Å²) in [5.74, 6) is -0.658. The maximum absolute atomic E-state index is 12.9. The second-order valence-corrected chi connectivity index (χ2v) is 2.78. The summed E-state index contributed by atoms with van der Waals surface area (Å²) in [6.45, 7) is 1.41. The minimum atomic E-state index is -0.509. The quantitative estimate of drug-likeness (QED) is 0.667. The number of hydrogen-bond acceptors (Lipinski definition) is 2. The van der Waals surface area contributed by atoms with E-state index in [9.17, 15) is 9.18 Å².